The number of hydrogen-bond donors (Lipinski definition) is 1. The minimum absolute atomic E-state index is 0.0298. The minimum Gasteiger partial charge on any atom is -0.351 e. The fourth-order valence-electron chi connectivity index (χ4n) is 2.38. The summed E-state index contributed by atoms with van der Waals surface area (Å²) in [7, 11) is 0. The lowest BCUT2D eigenvalue weighted by Gasteiger charge is -2.21. The lowest BCUT2D eigenvalue weighted by Crippen LogP contribution is -2.25. The Labute approximate surface area is 160 Å². The van der Waals surface area contributed by atoms with Crippen LogP contribution in [0.5, 0.6) is 0 Å². The van der Waals surface area contributed by atoms with Crippen molar-refractivity contribution in [2.24, 2.45) is 0 Å². The first-order valence-corrected chi connectivity index (χ1v) is 12.2. The zero-order valence-corrected chi connectivity index (χ0v) is 16.7. The Morgan fingerprint density at radius 3 is 2.67 bits per heavy atom. The molecular formula is C18H21NOS4. The van der Waals surface area contributed by atoms with Crippen LogP contribution in [0.2, 0.25) is 0 Å². The number of hydrogen-bond acceptors (Lipinski definition) is 5. The van der Waals surface area contributed by atoms with Gasteiger partial charge in [-0.1, -0.05) is 18.2 Å². The minimum atomic E-state index is 0.0298. The molecule has 0 spiro atoms. The fraction of sp³-hybridized carbons (Fsp3) is 0.389. The van der Waals surface area contributed by atoms with Gasteiger partial charge in [0.2, 0.25) is 0 Å². The van der Waals surface area contributed by atoms with Crippen LogP contribution in [-0.4, -0.2) is 29.7 Å². The number of carbonyl (C=O) groups is 1. The predicted molar refractivity (Wildman–Crippen MR) is 112 cm³/mol. The van der Waals surface area contributed by atoms with E-state index in [0.29, 0.717) is 11.1 Å². The Bertz CT molecular complexity index is 621. The number of thiophene rings is 1. The zero-order valence-electron chi connectivity index (χ0n) is 13.4. The molecule has 1 aromatic carbocycles. The molecular weight excluding hydrogens is 374 g/mol. The van der Waals surface area contributed by atoms with E-state index in [-0.39, 0.29) is 5.91 Å². The quantitative estimate of drug-likeness (QED) is 0.646. The van der Waals surface area contributed by atoms with E-state index < -0.39 is 0 Å². The number of benzene rings is 1. The van der Waals surface area contributed by atoms with Gasteiger partial charge in [0.15, 0.2) is 0 Å². The van der Waals surface area contributed by atoms with Crippen molar-refractivity contribution in [3.8, 4) is 0 Å². The van der Waals surface area contributed by atoms with Gasteiger partial charge < -0.3 is 5.32 Å². The highest BCUT2D eigenvalue weighted by Gasteiger charge is 2.16. The van der Waals surface area contributed by atoms with Crippen LogP contribution in [-0.2, 0) is 5.75 Å². The van der Waals surface area contributed by atoms with Crippen molar-refractivity contribution in [1.29, 1.82) is 0 Å². The second-order valence-electron chi connectivity index (χ2n) is 5.44. The van der Waals surface area contributed by atoms with Gasteiger partial charge in [-0.25, -0.2) is 0 Å². The molecule has 6 heteroatoms. The van der Waals surface area contributed by atoms with E-state index >= 15 is 0 Å². The molecule has 128 valence electrons. The molecule has 2 nitrogen and oxygen atoms in total. The monoisotopic (exact) mass is 395 g/mol. The van der Waals surface area contributed by atoms with E-state index in [1.54, 1.807) is 11.3 Å². The third kappa shape index (κ3) is 5.48. The van der Waals surface area contributed by atoms with Gasteiger partial charge in [0, 0.05) is 28.5 Å². The zero-order chi connectivity index (χ0) is 16.6. The predicted octanol–water partition coefficient (Wildman–Crippen LogP) is 5.28. The SMILES string of the molecule is O=C(NCCSCc1cccs1)c1ccc(C2SCCCS2)cc1. The van der Waals surface area contributed by atoms with Gasteiger partial charge in [-0.2, -0.15) is 11.8 Å². The van der Waals surface area contributed by atoms with Gasteiger partial charge in [-0.3, -0.25) is 4.79 Å². The molecule has 3 rings (SSSR count). The molecule has 0 unspecified atom stereocenters. The van der Waals surface area contributed by atoms with Gasteiger partial charge in [-0.15, -0.1) is 34.9 Å². The number of carbonyl (C=O) groups excluding carboxylic acids is 1. The largest absolute Gasteiger partial charge is 0.351 e. The van der Waals surface area contributed by atoms with E-state index in [4.69, 9.17) is 0 Å². The summed E-state index contributed by atoms with van der Waals surface area (Å²) in [6, 6.07) is 12.4. The Kier molecular flexibility index (Phi) is 7.45. The first-order chi connectivity index (χ1) is 11.8. The molecule has 1 N–H and O–H groups in total. The Morgan fingerprint density at radius 2 is 1.96 bits per heavy atom. The van der Waals surface area contributed by atoms with Gasteiger partial charge in [-0.05, 0) is 47.1 Å². The average Bonchev–Trinajstić information content (AvgIpc) is 3.16. The molecule has 0 radical (unpaired) electrons. The number of amides is 1. The average molecular weight is 396 g/mol. The maximum absolute atomic E-state index is 12.2. The van der Waals surface area contributed by atoms with Crippen molar-refractivity contribution in [2.45, 2.75) is 16.8 Å². The summed E-state index contributed by atoms with van der Waals surface area (Å²) in [6.45, 7) is 0.713. The maximum Gasteiger partial charge on any atom is 0.251 e. The molecule has 24 heavy (non-hydrogen) atoms. The molecule has 1 aromatic heterocycles. The topological polar surface area (TPSA) is 29.1 Å². The summed E-state index contributed by atoms with van der Waals surface area (Å²) in [5, 5.41) is 5.11. The van der Waals surface area contributed by atoms with Crippen LogP contribution in [0.3, 0.4) is 0 Å². The highest BCUT2D eigenvalue weighted by atomic mass is 32.2. The maximum atomic E-state index is 12.2. The normalized spacial score (nSPS) is 15.3. The van der Waals surface area contributed by atoms with Crippen molar-refractivity contribution in [1.82, 2.24) is 5.32 Å². The molecule has 2 aromatic rings. The second-order valence-corrected chi connectivity index (χ2v) is 10.3. The summed E-state index contributed by atoms with van der Waals surface area (Å²) in [6.07, 6.45) is 1.30. The van der Waals surface area contributed by atoms with E-state index in [2.05, 4.69) is 35.0 Å². The molecule has 0 aliphatic carbocycles. The van der Waals surface area contributed by atoms with Crippen molar-refractivity contribution in [3.05, 3.63) is 57.8 Å². The molecule has 1 aliphatic rings. The highest BCUT2D eigenvalue weighted by Crippen LogP contribution is 2.43. The van der Waals surface area contributed by atoms with Crippen molar-refractivity contribution >= 4 is 52.5 Å². The summed E-state index contributed by atoms with van der Waals surface area (Å²) in [4.78, 5) is 13.6. The van der Waals surface area contributed by atoms with Gasteiger partial charge in [0.1, 0.15) is 0 Å². The lowest BCUT2D eigenvalue weighted by atomic mass is 10.1. The van der Waals surface area contributed by atoms with Crippen molar-refractivity contribution in [2.75, 3.05) is 23.8 Å². The van der Waals surface area contributed by atoms with Crippen LogP contribution < -0.4 is 5.32 Å². The first kappa shape index (κ1) is 18.2. The highest BCUT2D eigenvalue weighted by molar-refractivity contribution is 8.16. The molecule has 1 aliphatic heterocycles. The first-order valence-electron chi connectivity index (χ1n) is 8.04. The van der Waals surface area contributed by atoms with Crippen molar-refractivity contribution < 1.29 is 4.79 Å². The van der Waals surface area contributed by atoms with E-state index in [1.807, 2.05) is 47.4 Å². The summed E-state index contributed by atoms with van der Waals surface area (Å²) >= 11 is 7.66. The van der Waals surface area contributed by atoms with Gasteiger partial charge in [0.25, 0.3) is 5.91 Å². The lowest BCUT2D eigenvalue weighted by molar-refractivity contribution is 0.0956. The molecule has 0 atom stereocenters. The summed E-state index contributed by atoms with van der Waals surface area (Å²) < 4.78 is 0.532. The molecule has 1 fully saturated rings. The number of thioether (sulfide) groups is 3. The summed E-state index contributed by atoms with van der Waals surface area (Å²) in [5.41, 5.74) is 2.08. The standard InChI is InChI=1S/C18H21NOS4/c20-17(19-8-12-21-13-16-3-1-9-22-16)14-4-6-15(7-5-14)18-23-10-2-11-24-18/h1,3-7,9,18H,2,8,10-13H2,(H,19,20). The van der Waals surface area contributed by atoms with E-state index in [1.165, 1.54) is 28.4 Å². The van der Waals surface area contributed by atoms with E-state index in [9.17, 15) is 4.79 Å². The van der Waals surface area contributed by atoms with Crippen LogP contribution in [0.4, 0.5) is 0 Å². The molecule has 0 saturated carbocycles. The van der Waals surface area contributed by atoms with Crippen LogP contribution in [0, 0.1) is 0 Å². The molecule has 1 amide bonds. The summed E-state index contributed by atoms with van der Waals surface area (Å²) in [5.74, 6) is 4.48. The fourth-order valence-corrected chi connectivity index (χ4v) is 6.97. The van der Waals surface area contributed by atoms with Crippen LogP contribution in [0.1, 0.15) is 31.8 Å². The molecule has 1 saturated heterocycles. The molecule has 2 heterocycles. The van der Waals surface area contributed by atoms with Gasteiger partial charge in [0.05, 0.1) is 4.58 Å². The molecule has 0 bridgehead atoms. The van der Waals surface area contributed by atoms with Crippen LogP contribution in [0.25, 0.3) is 0 Å². The third-order valence-corrected chi connectivity index (χ3v) is 8.71. The van der Waals surface area contributed by atoms with E-state index in [0.717, 1.165) is 17.1 Å². The van der Waals surface area contributed by atoms with Crippen LogP contribution >= 0.6 is 46.6 Å². The Balaban J connectivity index is 1.39. The number of rotatable bonds is 7. The number of nitrogens with one attached hydrogen (secondary N) is 1. The smallest absolute Gasteiger partial charge is 0.251 e. The second kappa shape index (κ2) is 9.80. The Morgan fingerprint density at radius 1 is 1.17 bits per heavy atom. The Hall–Kier alpha value is -0.560. The third-order valence-electron chi connectivity index (χ3n) is 3.63. The van der Waals surface area contributed by atoms with Crippen molar-refractivity contribution in [3.63, 3.8) is 0 Å². The van der Waals surface area contributed by atoms with Crippen LogP contribution in [0.15, 0.2) is 41.8 Å². The van der Waals surface area contributed by atoms with Gasteiger partial charge >= 0.3 is 0 Å².